The predicted octanol–water partition coefficient (Wildman–Crippen LogP) is 8.81. The Labute approximate surface area is 238 Å². The van der Waals surface area contributed by atoms with E-state index < -0.39 is 13.0 Å². The summed E-state index contributed by atoms with van der Waals surface area (Å²) >= 11 is 0. The standard InChI is InChI=1S/C36H50O2P/c1-4-5-6-7-8-9-10-20-28-34-35(38-36(2,3)37-34)29-21-30-39(31-22-14-11-15-23-31,32-24-16-12-17-25-32)33-26-18-13-19-27-33/h11-19,22-27,34-35H,4-10,20-21,28-30H2,1-3H3/q+1/t34-,35+/m1/s1. The topological polar surface area (TPSA) is 18.5 Å². The molecular weight excluding hydrogens is 495 g/mol. The summed E-state index contributed by atoms with van der Waals surface area (Å²) in [7, 11) is -1.80. The summed E-state index contributed by atoms with van der Waals surface area (Å²) in [4.78, 5) is 0. The summed E-state index contributed by atoms with van der Waals surface area (Å²) in [6, 6.07) is 33.7. The van der Waals surface area contributed by atoms with Gasteiger partial charge in [-0.1, -0.05) is 113 Å². The second-order valence-corrected chi connectivity index (χ2v) is 15.3. The molecule has 0 aromatic heterocycles. The number of unbranched alkanes of at least 4 members (excludes halogenated alkanes) is 7. The summed E-state index contributed by atoms with van der Waals surface area (Å²) in [5, 5.41) is 4.38. The molecular formula is C36H50O2P+. The molecule has 4 rings (SSSR count). The summed E-state index contributed by atoms with van der Waals surface area (Å²) in [5.41, 5.74) is 0. The van der Waals surface area contributed by atoms with Crippen molar-refractivity contribution in [2.45, 2.75) is 109 Å². The molecule has 3 aromatic carbocycles. The van der Waals surface area contributed by atoms with Crippen molar-refractivity contribution in [3.05, 3.63) is 91.0 Å². The highest BCUT2D eigenvalue weighted by Gasteiger charge is 2.46. The minimum absolute atomic E-state index is 0.175. The second kappa shape index (κ2) is 15.1. The van der Waals surface area contributed by atoms with Crippen molar-refractivity contribution in [1.82, 2.24) is 0 Å². The molecule has 0 amide bonds. The van der Waals surface area contributed by atoms with E-state index in [0.717, 1.165) is 25.4 Å². The summed E-state index contributed by atoms with van der Waals surface area (Å²) in [6.07, 6.45) is 15.5. The van der Waals surface area contributed by atoms with Crippen LogP contribution in [0.25, 0.3) is 0 Å². The molecule has 0 bridgehead atoms. The van der Waals surface area contributed by atoms with Crippen LogP contribution in [-0.4, -0.2) is 24.2 Å². The molecule has 0 spiro atoms. The maximum absolute atomic E-state index is 6.51. The van der Waals surface area contributed by atoms with Gasteiger partial charge in [-0.25, -0.2) is 0 Å². The van der Waals surface area contributed by atoms with Crippen molar-refractivity contribution in [2.24, 2.45) is 0 Å². The Bertz CT molecular complexity index is 970. The Balaban J connectivity index is 1.45. The molecule has 1 saturated heterocycles. The van der Waals surface area contributed by atoms with Gasteiger partial charge in [-0.2, -0.15) is 0 Å². The molecule has 0 saturated carbocycles. The molecule has 2 atom stereocenters. The first kappa shape index (κ1) is 30.0. The third kappa shape index (κ3) is 8.26. The van der Waals surface area contributed by atoms with Gasteiger partial charge in [-0.05, 0) is 69.5 Å². The van der Waals surface area contributed by atoms with E-state index in [2.05, 4.69) is 112 Å². The first-order valence-electron chi connectivity index (χ1n) is 15.5. The van der Waals surface area contributed by atoms with Crippen molar-refractivity contribution >= 4 is 23.2 Å². The Morgan fingerprint density at radius 1 is 0.538 bits per heavy atom. The molecule has 1 aliphatic heterocycles. The Hall–Kier alpha value is -1.99. The van der Waals surface area contributed by atoms with Crippen molar-refractivity contribution < 1.29 is 9.47 Å². The Kier molecular flexibility index (Phi) is 11.6. The van der Waals surface area contributed by atoms with Crippen LogP contribution in [0.4, 0.5) is 0 Å². The monoisotopic (exact) mass is 545 g/mol. The van der Waals surface area contributed by atoms with E-state index in [1.807, 2.05) is 0 Å². The van der Waals surface area contributed by atoms with Crippen LogP contribution in [0, 0.1) is 0 Å². The van der Waals surface area contributed by atoms with E-state index in [-0.39, 0.29) is 12.2 Å². The number of hydrogen-bond acceptors (Lipinski definition) is 2. The van der Waals surface area contributed by atoms with Crippen LogP contribution in [0.2, 0.25) is 0 Å². The SMILES string of the molecule is CCCCCCCCCC[C@H]1OC(C)(C)O[C@H]1CCC[P+](c1ccccc1)(c1ccccc1)c1ccccc1. The number of rotatable bonds is 16. The largest absolute Gasteiger partial charge is 0.345 e. The van der Waals surface area contributed by atoms with Gasteiger partial charge in [0, 0.05) is 0 Å². The van der Waals surface area contributed by atoms with Gasteiger partial charge in [0.15, 0.2) is 5.79 Å². The van der Waals surface area contributed by atoms with E-state index in [9.17, 15) is 0 Å². The van der Waals surface area contributed by atoms with Crippen molar-refractivity contribution in [3.8, 4) is 0 Å². The summed E-state index contributed by atoms with van der Waals surface area (Å²) < 4.78 is 13.0. The summed E-state index contributed by atoms with van der Waals surface area (Å²) in [6.45, 7) is 6.46. The van der Waals surface area contributed by atoms with E-state index in [4.69, 9.17) is 9.47 Å². The highest BCUT2D eigenvalue weighted by molar-refractivity contribution is 7.95. The fourth-order valence-corrected chi connectivity index (χ4v) is 10.7. The fourth-order valence-electron chi connectivity index (χ4n) is 6.29. The highest BCUT2D eigenvalue weighted by atomic mass is 31.2. The van der Waals surface area contributed by atoms with Crippen LogP contribution in [0.5, 0.6) is 0 Å². The Morgan fingerprint density at radius 3 is 1.36 bits per heavy atom. The van der Waals surface area contributed by atoms with Gasteiger partial charge in [-0.15, -0.1) is 0 Å². The van der Waals surface area contributed by atoms with E-state index in [1.54, 1.807) is 0 Å². The highest BCUT2D eigenvalue weighted by Crippen LogP contribution is 2.56. The first-order valence-corrected chi connectivity index (χ1v) is 17.4. The lowest BCUT2D eigenvalue weighted by molar-refractivity contribution is -0.147. The number of ether oxygens (including phenoxy) is 2. The van der Waals surface area contributed by atoms with Crippen LogP contribution < -0.4 is 15.9 Å². The third-order valence-corrected chi connectivity index (χ3v) is 12.7. The smallest absolute Gasteiger partial charge is 0.163 e. The van der Waals surface area contributed by atoms with Gasteiger partial charge >= 0.3 is 0 Å². The lowest BCUT2D eigenvalue weighted by atomic mass is 10.0. The third-order valence-electron chi connectivity index (χ3n) is 8.20. The lowest BCUT2D eigenvalue weighted by Crippen LogP contribution is -2.34. The maximum Gasteiger partial charge on any atom is 0.163 e. The first-order chi connectivity index (χ1) is 19.0. The molecule has 0 aliphatic carbocycles. The fraction of sp³-hybridized carbons (Fsp3) is 0.500. The number of hydrogen-bond donors (Lipinski definition) is 0. The Morgan fingerprint density at radius 2 is 0.923 bits per heavy atom. The van der Waals surface area contributed by atoms with Gasteiger partial charge in [0.2, 0.25) is 0 Å². The second-order valence-electron chi connectivity index (χ2n) is 11.7. The molecule has 0 radical (unpaired) electrons. The van der Waals surface area contributed by atoms with Crippen molar-refractivity contribution in [2.75, 3.05) is 6.16 Å². The van der Waals surface area contributed by atoms with Crippen LogP contribution >= 0.6 is 7.26 Å². The minimum atomic E-state index is -1.80. The van der Waals surface area contributed by atoms with Gasteiger partial charge in [0.1, 0.15) is 23.2 Å². The van der Waals surface area contributed by atoms with E-state index >= 15 is 0 Å². The van der Waals surface area contributed by atoms with Gasteiger partial charge in [0.05, 0.1) is 18.4 Å². The van der Waals surface area contributed by atoms with Crippen LogP contribution in [0.3, 0.4) is 0 Å². The zero-order valence-electron chi connectivity index (χ0n) is 24.6. The van der Waals surface area contributed by atoms with Gasteiger partial charge in [-0.3, -0.25) is 0 Å². The van der Waals surface area contributed by atoms with Crippen LogP contribution in [0.15, 0.2) is 91.0 Å². The molecule has 3 heteroatoms. The number of benzene rings is 3. The predicted molar refractivity (Wildman–Crippen MR) is 170 cm³/mol. The molecule has 1 heterocycles. The zero-order valence-corrected chi connectivity index (χ0v) is 25.5. The maximum atomic E-state index is 6.51. The summed E-state index contributed by atoms with van der Waals surface area (Å²) in [5.74, 6) is -0.486. The normalized spacial score (nSPS) is 18.8. The van der Waals surface area contributed by atoms with Gasteiger partial charge in [0.25, 0.3) is 0 Å². The van der Waals surface area contributed by atoms with E-state index in [0.29, 0.717) is 0 Å². The molecule has 3 aromatic rings. The van der Waals surface area contributed by atoms with E-state index in [1.165, 1.54) is 67.3 Å². The molecule has 1 fully saturated rings. The van der Waals surface area contributed by atoms with Crippen LogP contribution in [-0.2, 0) is 9.47 Å². The molecule has 39 heavy (non-hydrogen) atoms. The average Bonchev–Trinajstić information content (AvgIpc) is 3.27. The minimum Gasteiger partial charge on any atom is -0.345 e. The van der Waals surface area contributed by atoms with Crippen molar-refractivity contribution in [3.63, 3.8) is 0 Å². The molecule has 210 valence electrons. The van der Waals surface area contributed by atoms with Crippen molar-refractivity contribution in [1.29, 1.82) is 0 Å². The van der Waals surface area contributed by atoms with Gasteiger partial charge < -0.3 is 9.47 Å². The average molecular weight is 546 g/mol. The quantitative estimate of drug-likeness (QED) is 0.132. The van der Waals surface area contributed by atoms with Crippen LogP contribution in [0.1, 0.15) is 91.4 Å². The molecule has 0 N–H and O–H groups in total. The molecule has 0 unspecified atom stereocenters. The zero-order chi connectivity index (χ0) is 27.4. The molecule has 2 nitrogen and oxygen atoms in total. The lowest BCUT2D eigenvalue weighted by Gasteiger charge is -2.28. The molecule has 1 aliphatic rings.